The highest BCUT2D eigenvalue weighted by molar-refractivity contribution is 7.80. The number of anilines is 1. The van der Waals surface area contributed by atoms with Gasteiger partial charge in [0, 0.05) is 28.7 Å². The Kier molecular flexibility index (Phi) is 5.52. The summed E-state index contributed by atoms with van der Waals surface area (Å²) < 4.78 is 7.29. The minimum atomic E-state index is -0.565. The summed E-state index contributed by atoms with van der Waals surface area (Å²) in [6.45, 7) is 2.51. The summed E-state index contributed by atoms with van der Waals surface area (Å²) >= 11 is 5.27. The standard InChI is InChI=1S/C23H18N4O3S/c1-2-30-17-7-5-6-16(13-17)27-22(29)19(21(28)25-23(27)31)12-15-14-26(11-10-24)20-9-4-3-8-18(15)20/h3-9,12-14H,2,11H2,1H3,(H,25,28,31). The van der Waals surface area contributed by atoms with Crippen LogP contribution in [-0.4, -0.2) is 28.1 Å². The molecular formula is C23H18N4O3S. The summed E-state index contributed by atoms with van der Waals surface area (Å²) in [5, 5.41) is 12.5. The van der Waals surface area contributed by atoms with Gasteiger partial charge >= 0.3 is 0 Å². The van der Waals surface area contributed by atoms with Crippen molar-refractivity contribution in [3.8, 4) is 11.8 Å². The Hall–Kier alpha value is -3.96. The maximum Gasteiger partial charge on any atom is 0.270 e. The summed E-state index contributed by atoms with van der Waals surface area (Å²) in [7, 11) is 0. The largest absolute Gasteiger partial charge is 0.494 e. The first kappa shape index (κ1) is 20.3. The third-order valence-corrected chi connectivity index (χ3v) is 5.13. The lowest BCUT2D eigenvalue weighted by atomic mass is 10.1. The molecule has 4 rings (SSSR count). The molecule has 0 unspecified atom stereocenters. The van der Waals surface area contributed by atoms with Crippen molar-refractivity contribution in [2.45, 2.75) is 13.5 Å². The van der Waals surface area contributed by atoms with E-state index in [9.17, 15) is 9.59 Å². The maximum absolute atomic E-state index is 13.3. The number of ether oxygens (including phenoxy) is 1. The first-order chi connectivity index (χ1) is 15.0. The number of hydrogen-bond donors (Lipinski definition) is 1. The van der Waals surface area contributed by atoms with E-state index < -0.39 is 11.8 Å². The average molecular weight is 430 g/mol. The van der Waals surface area contributed by atoms with Crippen LogP contribution < -0.4 is 15.0 Å². The number of nitrogens with zero attached hydrogens (tertiary/aromatic N) is 3. The lowest BCUT2D eigenvalue weighted by molar-refractivity contribution is -0.122. The zero-order valence-corrected chi connectivity index (χ0v) is 17.5. The van der Waals surface area contributed by atoms with E-state index in [1.165, 1.54) is 11.0 Å². The number of carbonyl (C=O) groups is 2. The first-order valence-corrected chi connectivity index (χ1v) is 10.0. The monoisotopic (exact) mass is 430 g/mol. The minimum absolute atomic E-state index is 0.00714. The second-order valence-corrected chi connectivity index (χ2v) is 7.16. The van der Waals surface area contributed by atoms with Crippen molar-refractivity contribution >= 4 is 51.8 Å². The predicted molar refractivity (Wildman–Crippen MR) is 121 cm³/mol. The van der Waals surface area contributed by atoms with E-state index in [0.29, 0.717) is 23.6 Å². The molecule has 0 radical (unpaired) electrons. The number of fused-ring (bicyclic) bond motifs is 1. The number of hydrogen-bond acceptors (Lipinski definition) is 5. The Morgan fingerprint density at radius 1 is 1.19 bits per heavy atom. The van der Waals surface area contributed by atoms with Crippen molar-refractivity contribution in [2.24, 2.45) is 0 Å². The quantitative estimate of drug-likeness (QED) is 0.381. The number of nitrogens with one attached hydrogen (secondary N) is 1. The summed E-state index contributed by atoms with van der Waals surface area (Å²) in [4.78, 5) is 27.2. The predicted octanol–water partition coefficient (Wildman–Crippen LogP) is 3.39. The van der Waals surface area contributed by atoms with E-state index in [2.05, 4.69) is 11.4 Å². The summed E-state index contributed by atoms with van der Waals surface area (Å²) in [6.07, 6.45) is 3.30. The van der Waals surface area contributed by atoms with Crippen molar-refractivity contribution in [3.63, 3.8) is 0 Å². The van der Waals surface area contributed by atoms with Crippen molar-refractivity contribution < 1.29 is 14.3 Å². The van der Waals surface area contributed by atoms with Crippen LogP contribution in [-0.2, 0) is 16.1 Å². The highest BCUT2D eigenvalue weighted by Gasteiger charge is 2.34. The Balaban J connectivity index is 1.78. The van der Waals surface area contributed by atoms with E-state index in [-0.39, 0.29) is 17.2 Å². The molecule has 3 aromatic rings. The maximum atomic E-state index is 13.3. The van der Waals surface area contributed by atoms with Crippen molar-refractivity contribution in [2.75, 3.05) is 11.5 Å². The summed E-state index contributed by atoms with van der Waals surface area (Å²) in [5.74, 6) is -0.499. The SMILES string of the molecule is CCOc1cccc(N2C(=O)C(=Cc3cn(CC#N)c4ccccc34)C(=O)NC2=S)c1. The molecule has 0 atom stereocenters. The van der Waals surface area contributed by atoms with Gasteiger partial charge in [0.25, 0.3) is 11.8 Å². The van der Waals surface area contributed by atoms with Gasteiger partial charge < -0.3 is 9.30 Å². The highest BCUT2D eigenvalue weighted by Crippen LogP contribution is 2.28. The van der Waals surface area contributed by atoms with Gasteiger partial charge in [-0.3, -0.25) is 19.8 Å². The number of carbonyl (C=O) groups excluding carboxylic acids is 2. The van der Waals surface area contributed by atoms with Gasteiger partial charge in [0.15, 0.2) is 5.11 Å². The Labute approximate surface area is 184 Å². The number of nitriles is 1. The van der Waals surface area contributed by atoms with Crippen LogP contribution in [0.3, 0.4) is 0 Å². The first-order valence-electron chi connectivity index (χ1n) is 9.62. The van der Waals surface area contributed by atoms with E-state index in [0.717, 1.165) is 10.9 Å². The van der Waals surface area contributed by atoms with E-state index in [1.54, 1.807) is 35.0 Å². The second-order valence-electron chi connectivity index (χ2n) is 6.78. The smallest absolute Gasteiger partial charge is 0.270 e. The molecule has 2 amide bonds. The number of rotatable bonds is 5. The number of benzene rings is 2. The van der Waals surface area contributed by atoms with E-state index >= 15 is 0 Å². The van der Waals surface area contributed by atoms with Crippen LogP contribution in [0.2, 0.25) is 0 Å². The third kappa shape index (κ3) is 3.79. The molecule has 1 saturated heterocycles. The van der Waals surface area contributed by atoms with Gasteiger partial charge in [0.2, 0.25) is 0 Å². The normalized spacial score (nSPS) is 15.3. The fourth-order valence-corrected chi connectivity index (χ4v) is 3.80. The molecule has 154 valence electrons. The topological polar surface area (TPSA) is 87.4 Å². The summed E-state index contributed by atoms with van der Waals surface area (Å²) in [5.41, 5.74) is 1.96. The lowest BCUT2D eigenvalue weighted by Crippen LogP contribution is -2.54. The van der Waals surface area contributed by atoms with E-state index in [4.69, 9.17) is 22.2 Å². The molecular weight excluding hydrogens is 412 g/mol. The fraction of sp³-hybridized carbons (Fsp3) is 0.130. The van der Waals surface area contributed by atoms with E-state index in [1.807, 2.05) is 31.2 Å². The van der Waals surface area contributed by atoms with Crippen LogP contribution in [0.1, 0.15) is 12.5 Å². The van der Waals surface area contributed by atoms with Crippen LogP contribution in [0.4, 0.5) is 5.69 Å². The van der Waals surface area contributed by atoms with Gasteiger partial charge in [-0.1, -0.05) is 24.3 Å². The Morgan fingerprint density at radius 3 is 2.77 bits per heavy atom. The Morgan fingerprint density at radius 2 is 2.00 bits per heavy atom. The van der Waals surface area contributed by atoms with Crippen LogP contribution in [0.15, 0.2) is 60.3 Å². The fourth-order valence-electron chi connectivity index (χ4n) is 3.52. The summed E-state index contributed by atoms with van der Waals surface area (Å²) in [6, 6.07) is 16.6. The molecule has 0 saturated carbocycles. The van der Waals surface area contributed by atoms with Crippen molar-refractivity contribution in [1.29, 1.82) is 5.26 Å². The molecule has 0 bridgehead atoms. The molecule has 2 aromatic carbocycles. The Bertz CT molecular complexity index is 1290. The average Bonchev–Trinajstić information content (AvgIpc) is 3.09. The van der Waals surface area contributed by atoms with Gasteiger partial charge in [0.05, 0.1) is 18.4 Å². The number of thiocarbonyl (C=S) groups is 1. The van der Waals surface area contributed by atoms with Crippen LogP contribution in [0.25, 0.3) is 17.0 Å². The number of aromatic nitrogens is 1. The molecule has 0 aliphatic carbocycles. The zero-order chi connectivity index (χ0) is 22.0. The molecule has 7 nitrogen and oxygen atoms in total. The second kappa shape index (κ2) is 8.42. The molecule has 0 spiro atoms. The molecule has 1 aliphatic heterocycles. The molecule has 8 heteroatoms. The third-order valence-electron chi connectivity index (χ3n) is 4.85. The minimum Gasteiger partial charge on any atom is -0.494 e. The van der Waals surface area contributed by atoms with Gasteiger partial charge in [-0.2, -0.15) is 5.26 Å². The molecule has 1 aromatic heterocycles. The zero-order valence-electron chi connectivity index (χ0n) is 16.7. The van der Waals surface area contributed by atoms with Crippen LogP contribution in [0.5, 0.6) is 5.75 Å². The van der Waals surface area contributed by atoms with Gasteiger partial charge in [-0.05, 0) is 43.4 Å². The molecule has 1 aliphatic rings. The number of amides is 2. The van der Waals surface area contributed by atoms with Gasteiger partial charge in [-0.25, -0.2) is 0 Å². The van der Waals surface area contributed by atoms with Crippen LogP contribution >= 0.6 is 12.2 Å². The lowest BCUT2D eigenvalue weighted by Gasteiger charge is -2.29. The van der Waals surface area contributed by atoms with Gasteiger partial charge in [-0.15, -0.1) is 0 Å². The van der Waals surface area contributed by atoms with Crippen molar-refractivity contribution in [3.05, 3.63) is 65.9 Å². The molecule has 2 heterocycles. The molecule has 31 heavy (non-hydrogen) atoms. The molecule has 1 fully saturated rings. The number of para-hydroxylation sites is 1. The molecule has 1 N–H and O–H groups in total. The van der Waals surface area contributed by atoms with Gasteiger partial charge in [0.1, 0.15) is 17.9 Å². The van der Waals surface area contributed by atoms with Crippen LogP contribution in [0, 0.1) is 11.3 Å². The highest BCUT2D eigenvalue weighted by atomic mass is 32.1. The van der Waals surface area contributed by atoms with Crippen molar-refractivity contribution in [1.82, 2.24) is 9.88 Å².